The van der Waals surface area contributed by atoms with Crippen LogP contribution in [0.4, 0.5) is 10.2 Å². The number of aromatic nitrogens is 4. The monoisotopic (exact) mass is 291 g/mol. The van der Waals surface area contributed by atoms with Crippen molar-refractivity contribution in [2.45, 2.75) is 13.5 Å². The number of H-pyrrole nitrogens is 1. The third-order valence-corrected chi connectivity index (χ3v) is 3.56. The first-order valence-electron chi connectivity index (χ1n) is 5.98. The maximum atomic E-state index is 13.8. The molecule has 102 valence electrons. The summed E-state index contributed by atoms with van der Waals surface area (Å²) in [4.78, 5) is 15.1. The predicted octanol–water partition coefficient (Wildman–Crippen LogP) is 3.07. The minimum absolute atomic E-state index is 0.234. The highest BCUT2D eigenvalue weighted by atomic mass is 35.5. The van der Waals surface area contributed by atoms with Crippen LogP contribution in [-0.2, 0) is 6.54 Å². The average Bonchev–Trinajstić information content (AvgIpc) is 2.92. The van der Waals surface area contributed by atoms with Gasteiger partial charge >= 0.3 is 0 Å². The van der Waals surface area contributed by atoms with Gasteiger partial charge in [0.2, 0.25) is 0 Å². The second-order valence-electron chi connectivity index (χ2n) is 4.33. The van der Waals surface area contributed by atoms with E-state index in [4.69, 9.17) is 11.6 Å². The fourth-order valence-corrected chi connectivity index (χ4v) is 2.17. The Labute approximate surface area is 119 Å². The molecule has 0 atom stereocenters. The Bertz CT molecular complexity index is 771. The Hall–Kier alpha value is -2.21. The van der Waals surface area contributed by atoms with E-state index < -0.39 is 0 Å². The van der Waals surface area contributed by atoms with Gasteiger partial charge in [-0.25, -0.2) is 19.3 Å². The molecular weight excluding hydrogens is 281 g/mol. The molecule has 2 heterocycles. The van der Waals surface area contributed by atoms with Crippen LogP contribution < -0.4 is 5.32 Å². The van der Waals surface area contributed by atoms with Crippen molar-refractivity contribution in [2.75, 3.05) is 5.32 Å². The van der Waals surface area contributed by atoms with Crippen LogP contribution in [0.3, 0.4) is 0 Å². The number of nitrogens with one attached hydrogen (secondary N) is 2. The van der Waals surface area contributed by atoms with Crippen molar-refractivity contribution in [1.29, 1.82) is 0 Å². The molecule has 2 N–H and O–H groups in total. The second-order valence-corrected chi connectivity index (χ2v) is 4.71. The molecule has 0 unspecified atom stereocenters. The maximum Gasteiger partial charge on any atom is 0.182 e. The number of rotatable bonds is 3. The van der Waals surface area contributed by atoms with Crippen LogP contribution in [0.5, 0.6) is 0 Å². The maximum absolute atomic E-state index is 13.8. The van der Waals surface area contributed by atoms with Crippen molar-refractivity contribution < 1.29 is 4.39 Å². The molecule has 7 heteroatoms. The number of aryl methyl sites for hydroxylation is 1. The summed E-state index contributed by atoms with van der Waals surface area (Å²) in [5.74, 6) is 0.215. The Morgan fingerprint density at radius 2 is 2.15 bits per heavy atom. The summed E-state index contributed by atoms with van der Waals surface area (Å²) in [6.45, 7) is 2.07. The second kappa shape index (κ2) is 5.05. The largest absolute Gasteiger partial charge is 0.364 e. The molecule has 1 aromatic carbocycles. The van der Waals surface area contributed by atoms with Crippen molar-refractivity contribution in [3.05, 3.63) is 46.8 Å². The molecule has 0 radical (unpaired) electrons. The topological polar surface area (TPSA) is 66.5 Å². The van der Waals surface area contributed by atoms with Crippen LogP contribution in [0.25, 0.3) is 11.2 Å². The summed E-state index contributed by atoms with van der Waals surface area (Å²) in [5.41, 5.74) is 2.48. The zero-order valence-electron chi connectivity index (χ0n) is 10.6. The van der Waals surface area contributed by atoms with Crippen LogP contribution in [-0.4, -0.2) is 19.9 Å². The lowest BCUT2D eigenvalue weighted by molar-refractivity contribution is 0.612. The van der Waals surface area contributed by atoms with Crippen LogP contribution >= 0.6 is 11.6 Å². The third-order valence-electron chi connectivity index (χ3n) is 3.03. The molecule has 3 rings (SSSR count). The zero-order chi connectivity index (χ0) is 14.1. The highest BCUT2D eigenvalue weighted by Gasteiger charge is 2.11. The fourth-order valence-electron chi connectivity index (χ4n) is 1.95. The fraction of sp³-hybridized carbons (Fsp3) is 0.154. The highest BCUT2D eigenvalue weighted by molar-refractivity contribution is 6.32. The molecule has 0 saturated carbocycles. The van der Waals surface area contributed by atoms with E-state index in [1.807, 2.05) is 6.92 Å². The molecule has 0 aliphatic rings. The van der Waals surface area contributed by atoms with Gasteiger partial charge in [-0.1, -0.05) is 17.7 Å². The zero-order valence-corrected chi connectivity index (χ0v) is 11.4. The van der Waals surface area contributed by atoms with E-state index >= 15 is 0 Å². The average molecular weight is 292 g/mol. The highest BCUT2D eigenvalue weighted by Crippen LogP contribution is 2.25. The Balaban J connectivity index is 1.90. The summed E-state index contributed by atoms with van der Waals surface area (Å²) in [5, 5.41) is 3.48. The van der Waals surface area contributed by atoms with Gasteiger partial charge in [0.25, 0.3) is 0 Å². The first-order chi connectivity index (χ1) is 9.66. The number of hydrogen-bond donors (Lipinski definition) is 2. The van der Waals surface area contributed by atoms with E-state index in [1.54, 1.807) is 6.07 Å². The van der Waals surface area contributed by atoms with Crippen molar-refractivity contribution >= 4 is 28.6 Å². The molecule has 0 bridgehead atoms. The molecule has 5 nitrogen and oxygen atoms in total. The van der Waals surface area contributed by atoms with E-state index in [0.717, 1.165) is 5.56 Å². The Morgan fingerprint density at radius 3 is 3.00 bits per heavy atom. The van der Waals surface area contributed by atoms with E-state index in [0.29, 0.717) is 27.6 Å². The lowest BCUT2D eigenvalue weighted by atomic mass is 10.1. The summed E-state index contributed by atoms with van der Waals surface area (Å²) in [6.07, 6.45) is 2.93. The normalized spacial score (nSPS) is 10.9. The molecule has 0 saturated heterocycles. The number of aromatic amines is 1. The van der Waals surface area contributed by atoms with E-state index in [9.17, 15) is 4.39 Å². The van der Waals surface area contributed by atoms with Crippen molar-refractivity contribution in [1.82, 2.24) is 19.9 Å². The quantitative estimate of drug-likeness (QED) is 0.778. The molecule has 0 aliphatic carbocycles. The summed E-state index contributed by atoms with van der Waals surface area (Å²) in [7, 11) is 0. The molecule has 3 aromatic rings. The number of anilines is 1. The standard InChI is InChI=1S/C13H11ClFN5/c1-7-2-3-9(15)8(10(7)14)4-16-12-11-13(18-5-17-11)20-6-19-12/h2-3,5-6H,4H2,1H3,(H2,16,17,18,19,20). The minimum atomic E-state index is -0.344. The van der Waals surface area contributed by atoms with Crippen LogP contribution in [0.1, 0.15) is 11.1 Å². The van der Waals surface area contributed by atoms with Gasteiger partial charge in [-0.2, -0.15) is 0 Å². The molecule has 0 amide bonds. The number of fused-ring (bicyclic) bond motifs is 1. The molecule has 0 spiro atoms. The van der Waals surface area contributed by atoms with Crippen molar-refractivity contribution in [3.63, 3.8) is 0 Å². The van der Waals surface area contributed by atoms with Crippen LogP contribution in [0, 0.1) is 12.7 Å². The Kier molecular flexibility index (Phi) is 3.23. The molecule has 0 fully saturated rings. The molecule has 0 aliphatic heterocycles. The number of hydrogen-bond acceptors (Lipinski definition) is 4. The van der Waals surface area contributed by atoms with Crippen LogP contribution in [0.15, 0.2) is 24.8 Å². The van der Waals surface area contributed by atoms with E-state index in [-0.39, 0.29) is 12.4 Å². The van der Waals surface area contributed by atoms with Gasteiger partial charge in [-0.3, -0.25) is 0 Å². The number of nitrogens with zero attached hydrogens (tertiary/aromatic N) is 3. The summed E-state index contributed by atoms with van der Waals surface area (Å²) < 4.78 is 13.8. The lowest BCUT2D eigenvalue weighted by Gasteiger charge is -2.10. The molecular formula is C13H11ClFN5. The SMILES string of the molecule is Cc1ccc(F)c(CNc2ncnc3nc[nH]c23)c1Cl. The molecule has 20 heavy (non-hydrogen) atoms. The first kappa shape index (κ1) is 12.8. The van der Waals surface area contributed by atoms with Gasteiger partial charge in [-0.05, 0) is 18.6 Å². The van der Waals surface area contributed by atoms with Gasteiger partial charge in [0, 0.05) is 12.1 Å². The smallest absolute Gasteiger partial charge is 0.182 e. The van der Waals surface area contributed by atoms with Gasteiger partial charge < -0.3 is 10.3 Å². The van der Waals surface area contributed by atoms with Gasteiger partial charge in [0.1, 0.15) is 17.7 Å². The predicted molar refractivity (Wildman–Crippen MR) is 75.2 cm³/mol. The Morgan fingerprint density at radius 1 is 1.30 bits per heavy atom. The summed E-state index contributed by atoms with van der Waals surface area (Å²) in [6, 6.07) is 3.06. The molecule has 2 aromatic heterocycles. The number of halogens is 2. The minimum Gasteiger partial charge on any atom is -0.364 e. The summed E-state index contributed by atoms with van der Waals surface area (Å²) >= 11 is 6.13. The van der Waals surface area contributed by atoms with Crippen molar-refractivity contribution in [2.24, 2.45) is 0 Å². The van der Waals surface area contributed by atoms with Gasteiger partial charge in [0.05, 0.1) is 11.3 Å². The van der Waals surface area contributed by atoms with Gasteiger partial charge in [-0.15, -0.1) is 0 Å². The van der Waals surface area contributed by atoms with Gasteiger partial charge in [0.15, 0.2) is 11.5 Å². The first-order valence-corrected chi connectivity index (χ1v) is 6.36. The van der Waals surface area contributed by atoms with E-state index in [2.05, 4.69) is 25.3 Å². The number of benzene rings is 1. The number of imidazole rings is 1. The van der Waals surface area contributed by atoms with E-state index in [1.165, 1.54) is 18.7 Å². The van der Waals surface area contributed by atoms with Crippen molar-refractivity contribution in [3.8, 4) is 0 Å². The lowest BCUT2D eigenvalue weighted by Crippen LogP contribution is -2.05. The third kappa shape index (κ3) is 2.18. The van der Waals surface area contributed by atoms with Crippen LogP contribution in [0.2, 0.25) is 5.02 Å².